The van der Waals surface area contributed by atoms with E-state index in [9.17, 15) is 13.2 Å². The molecule has 0 saturated heterocycles. The third-order valence-corrected chi connectivity index (χ3v) is 5.62. The van der Waals surface area contributed by atoms with Crippen LogP contribution in [0, 0.1) is 6.92 Å². The van der Waals surface area contributed by atoms with Crippen molar-refractivity contribution in [3.8, 4) is 11.5 Å². The van der Waals surface area contributed by atoms with Crippen LogP contribution in [0.3, 0.4) is 0 Å². The zero-order chi connectivity index (χ0) is 18.8. The summed E-state index contributed by atoms with van der Waals surface area (Å²) in [6, 6.07) is 1.28. The average Bonchev–Trinajstić information content (AvgIpc) is 3.18. The molecule has 0 spiro atoms. The van der Waals surface area contributed by atoms with Crippen molar-refractivity contribution < 1.29 is 17.6 Å². The lowest BCUT2D eigenvalue weighted by molar-refractivity contribution is 0.0828. The van der Waals surface area contributed by atoms with Gasteiger partial charge in [0.05, 0.1) is 11.8 Å². The molecular formula is C16H24N4O4S. The number of H-pyrrole nitrogens is 1. The predicted molar refractivity (Wildman–Crippen MR) is 93.7 cm³/mol. The van der Waals surface area contributed by atoms with Gasteiger partial charge in [0.2, 0.25) is 10.0 Å². The maximum absolute atomic E-state index is 12.6. The summed E-state index contributed by atoms with van der Waals surface area (Å²) in [5, 5.41) is 6.59. The number of hydrogen-bond donors (Lipinski definition) is 2. The molecule has 0 aromatic carbocycles. The zero-order valence-corrected chi connectivity index (χ0v) is 15.9. The second kappa shape index (κ2) is 7.40. The van der Waals surface area contributed by atoms with Crippen LogP contribution in [0.15, 0.2) is 21.6 Å². The van der Waals surface area contributed by atoms with E-state index in [0.717, 1.165) is 0 Å². The largest absolute Gasteiger partial charge is 0.458 e. The van der Waals surface area contributed by atoms with E-state index in [1.165, 1.54) is 17.2 Å². The molecule has 0 aliphatic carbocycles. The van der Waals surface area contributed by atoms with E-state index in [2.05, 4.69) is 14.9 Å². The number of nitrogens with zero attached hydrogens (tertiary/aromatic N) is 2. The van der Waals surface area contributed by atoms with Crippen molar-refractivity contribution in [2.75, 3.05) is 14.1 Å². The number of hydrogen-bond acceptors (Lipinski definition) is 5. The number of carbonyl (C=O) groups is 1. The molecule has 2 aromatic heterocycles. The van der Waals surface area contributed by atoms with Gasteiger partial charge >= 0.3 is 0 Å². The molecule has 8 nitrogen and oxygen atoms in total. The van der Waals surface area contributed by atoms with Gasteiger partial charge in [-0.2, -0.15) is 5.10 Å². The molecule has 2 aromatic rings. The maximum atomic E-state index is 12.6. The number of carbonyl (C=O) groups excluding carboxylic acids is 1. The number of furan rings is 1. The van der Waals surface area contributed by atoms with Crippen molar-refractivity contribution in [2.45, 2.75) is 44.6 Å². The van der Waals surface area contributed by atoms with E-state index in [4.69, 9.17) is 4.42 Å². The first-order valence-electron chi connectivity index (χ1n) is 8.09. The number of aromatic nitrogens is 2. The smallest absolute Gasteiger partial charge is 0.257 e. The molecule has 2 N–H and O–H groups in total. The molecule has 0 bridgehead atoms. The highest BCUT2D eigenvalue weighted by Crippen LogP contribution is 2.29. The van der Waals surface area contributed by atoms with E-state index >= 15 is 0 Å². The SMILES string of the molecule is CCC(CC)NS(=O)(=O)c1cc(-c2[nH]ncc2C(=O)N(C)C)oc1C. The molecule has 25 heavy (non-hydrogen) atoms. The minimum absolute atomic E-state index is 0.0623. The van der Waals surface area contributed by atoms with Crippen LogP contribution in [0.4, 0.5) is 0 Å². The van der Waals surface area contributed by atoms with Crippen LogP contribution in [-0.2, 0) is 10.0 Å². The van der Waals surface area contributed by atoms with Crippen molar-refractivity contribution in [3.63, 3.8) is 0 Å². The molecule has 0 atom stereocenters. The summed E-state index contributed by atoms with van der Waals surface area (Å²) in [5.74, 6) is 0.258. The highest BCUT2D eigenvalue weighted by atomic mass is 32.2. The minimum atomic E-state index is -3.71. The molecule has 1 amide bonds. The Morgan fingerprint density at radius 3 is 2.56 bits per heavy atom. The van der Waals surface area contributed by atoms with Crippen molar-refractivity contribution in [2.24, 2.45) is 0 Å². The molecule has 2 heterocycles. The predicted octanol–water partition coefficient (Wildman–Crippen LogP) is 2.15. The first kappa shape index (κ1) is 19.2. The van der Waals surface area contributed by atoms with Gasteiger partial charge in [0.15, 0.2) is 5.76 Å². The zero-order valence-electron chi connectivity index (χ0n) is 15.1. The lowest BCUT2D eigenvalue weighted by Gasteiger charge is -2.14. The van der Waals surface area contributed by atoms with E-state index in [-0.39, 0.29) is 28.4 Å². The van der Waals surface area contributed by atoms with Crippen LogP contribution in [-0.4, -0.2) is 49.6 Å². The monoisotopic (exact) mass is 368 g/mol. The second-order valence-electron chi connectivity index (χ2n) is 6.02. The molecule has 0 saturated carbocycles. The molecular weight excluding hydrogens is 344 g/mol. The summed E-state index contributed by atoms with van der Waals surface area (Å²) < 4.78 is 33.5. The quantitative estimate of drug-likeness (QED) is 0.778. The first-order valence-corrected chi connectivity index (χ1v) is 9.57. The average molecular weight is 368 g/mol. The molecule has 0 aliphatic rings. The van der Waals surface area contributed by atoms with Crippen molar-refractivity contribution >= 4 is 15.9 Å². The molecule has 0 aliphatic heterocycles. The first-order chi connectivity index (χ1) is 11.7. The van der Waals surface area contributed by atoms with Crippen LogP contribution in [0.25, 0.3) is 11.5 Å². The highest BCUT2D eigenvalue weighted by Gasteiger charge is 2.26. The number of aryl methyl sites for hydroxylation is 1. The van der Waals surface area contributed by atoms with Crippen molar-refractivity contribution in [1.29, 1.82) is 0 Å². The molecule has 0 radical (unpaired) electrons. The summed E-state index contributed by atoms with van der Waals surface area (Å²) in [5.41, 5.74) is 0.668. The second-order valence-corrected chi connectivity index (χ2v) is 7.71. The van der Waals surface area contributed by atoms with Gasteiger partial charge < -0.3 is 9.32 Å². The molecule has 138 valence electrons. The summed E-state index contributed by atoms with van der Waals surface area (Å²) >= 11 is 0. The van der Waals surface area contributed by atoms with Crippen LogP contribution in [0.2, 0.25) is 0 Å². The van der Waals surface area contributed by atoms with Crippen LogP contribution in [0.1, 0.15) is 42.8 Å². The Balaban J connectivity index is 2.42. The Hall–Kier alpha value is -2.13. The van der Waals surface area contributed by atoms with E-state index in [1.54, 1.807) is 21.0 Å². The fraction of sp³-hybridized carbons (Fsp3) is 0.500. The number of sulfonamides is 1. The van der Waals surface area contributed by atoms with Crippen LogP contribution < -0.4 is 4.72 Å². The Bertz CT molecular complexity index is 847. The molecule has 0 unspecified atom stereocenters. The van der Waals surface area contributed by atoms with Gasteiger partial charge in [0, 0.05) is 26.2 Å². The van der Waals surface area contributed by atoms with E-state index in [1.807, 2.05) is 13.8 Å². The summed E-state index contributed by atoms with van der Waals surface area (Å²) in [6.07, 6.45) is 2.79. The summed E-state index contributed by atoms with van der Waals surface area (Å²) in [4.78, 5) is 13.7. The third kappa shape index (κ3) is 3.93. The van der Waals surface area contributed by atoms with E-state index in [0.29, 0.717) is 24.1 Å². The summed E-state index contributed by atoms with van der Waals surface area (Å²) in [6.45, 7) is 5.43. The number of amides is 1. The molecule has 9 heteroatoms. The number of rotatable bonds is 7. The maximum Gasteiger partial charge on any atom is 0.257 e. The van der Waals surface area contributed by atoms with Gasteiger partial charge in [-0.05, 0) is 19.8 Å². The Morgan fingerprint density at radius 1 is 1.36 bits per heavy atom. The van der Waals surface area contributed by atoms with Crippen molar-refractivity contribution in [1.82, 2.24) is 19.8 Å². The normalized spacial score (nSPS) is 11.9. The highest BCUT2D eigenvalue weighted by molar-refractivity contribution is 7.89. The van der Waals surface area contributed by atoms with Crippen LogP contribution >= 0.6 is 0 Å². The molecule has 2 rings (SSSR count). The van der Waals surface area contributed by atoms with Gasteiger partial charge in [0.1, 0.15) is 16.3 Å². The Morgan fingerprint density at radius 2 is 2.00 bits per heavy atom. The number of nitrogens with one attached hydrogen (secondary N) is 2. The fourth-order valence-corrected chi connectivity index (χ4v) is 4.05. The Labute approximate surface area is 147 Å². The standard InChI is InChI=1S/C16H24N4O4S/c1-6-11(7-2)19-25(22,23)14-8-13(24-10(14)3)15-12(9-17-18-15)16(21)20(4)5/h8-9,11,19H,6-7H2,1-5H3,(H,17,18). The number of aromatic amines is 1. The lowest BCUT2D eigenvalue weighted by Crippen LogP contribution is -2.33. The van der Waals surface area contributed by atoms with Gasteiger partial charge in [-0.1, -0.05) is 13.8 Å². The third-order valence-electron chi connectivity index (χ3n) is 3.99. The van der Waals surface area contributed by atoms with Gasteiger partial charge in [-0.15, -0.1) is 0 Å². The Kier molecular flexibility index (Phi) is 5.69. The van der Waals surface area contributed by atoms with Gasteiger partial charge in [0.25, 0.3) is 5.91 Å². The lowest BCUT2D eigenvalue weighted by atomic mass is 10.2. The fourth-order valence-electron chi connectivity index (χ4n) is 2.47. The molecule has 0 fully saturated rings. The summed E-state index contributed by atoms with van der Waals surface area (Å²) in [7, 11) is -0.454. The minimum Gasteiger partial charge on any atom is -0.458 e. The van der Waals surface area contributed by atoms with Gasteiger partial charge in [-0.25, -0.2) is 13.1 Å². The van der Waals surface area contributed by atoms with Crippen molar-refractivity contribution in [3.05, 3.63) is 23.6 Å². The topological polar surface area (TPSA) is 108 Å². The van der Waals surface area contributed by atoms with Crippen LogP contribution in [0.5, 0.6) is 0 Å². The van der Waals surface area contributed by atoms with E-state index < -0.39 is 10.0 Å². The van der Waals surface area contributed by atoms with Gasteiger partial charge in [-0.3, -0.25) is 9.89 Å².